The quantitative estimate of drug-likeness (QED) is 0.471. The topological polar surface area (TPSA) is 67.2 Å². The highest BCUT2D eigenvalue weighted by molar-refractivity contribution is 6.08. The average molecular weight is 439 g/mol. The molecule has 3 aromatic carbocycles. The van der Waals surface area contributed by atoms with Gasteiger partial charge in [-0.3, -0.25) is 9.59 Å². The summed E-state index contributed by atoms with van der Waals surface area (Å²) in [6.45, 7) is 4.10. The lowest BCUT2D eigenvalue weighted by molar-refractivity contribution is 0.0827. The van der Waals surface area contributed by atoms with Gasteiger partial charge in [0.25, 0.3) is 11.8 Å². The van der Waals surface area contributed by atoms with Crippen LogP contribution in [0.4, 0.5) is 5.69 Å². The molecular weight excluding hydrogens is 412 g/mol. The Morgan fingerprint density at radius 1 is 0.879 bits per heavy atom. The first kappa shape index (κ1) is 22.0. The van der Waals surface area contributed by atoms with Gasteiger partial charge in [-0.25, -0.2) is 4.68 Å². The predicted molar refractivity (Wildman–Crippen MR) is 131 cm³/mol. The number of para-hydroxylation sites is 1. The van der Waals surface area contributed by atoms with E-state index in [4.69, 9.17) is 5.10 Å². The van der Waals surface area contributed by atoms with E-state index >= 15 is 0 Å². The van der Waals surface area contributed by atoms with Gasteiger partial charge in [-0.15, -0.1) is 0 Å². The molecule has 0 saturated carbocycles. The van der Waals surface area contributed by atoms with Gasteiger partial charge in [0.1, 0.15) is 5.69 Å². The Labute approximate surface area is 193 Å². The smallest absolute Gasteiger partial charge is 0.259 e. The van der Waals surface area contributed by atoms with E-state index in [0.29, 0.717) is 22.5 Å². The van der Waals surface area contributed by atoms with Crippen LogP contribution in [0.5, 0.6) is 0 Å². The van der Waals surface area contributed by atoms with E-state index < -0.39 is 0 Å². The van der Waals surface area contributed by atoms with Crippen molar-refractivity contribution in [1.82, 2.24) is 14.7 Å². The van der Waals surface area contributed by atoms with Gasteiger partial charge in [0.05, 0.1) is 11.3 Å². The Bertz CT molecular complexity index is 1310. The molecule has 4 rings (SSSR count). The highest BCUT2D eigenvalue weighted by Crippen LogP contribution is 2.27. The molecule has 0 radical (unpaired) electrons. The Morgan fingerprint density at radius 3 is 2.21 bits per heavy atom. The van der Waals surface area contributed by atoms with Gasteiger partial charge in [0.2, 0.25) is 0 Å². The average Bonchev–Trinajstić information content (AvgIpc) is 3.27. The lowest BCUT2D eigenvalue weighted by Gasteiger charge is -2.11. The van der Waals surface area contributed by atoms with Gasteiger partial charge in [0, 0.05) is 37.1 Å². The van der Waals surface area contributed by atoms with Crippen molar-refractivity contribution in [3.8, 4) is 16.9 Å². The normalized spacial score (nSPS) is 10.7. The first-order valence-corrected chi connectivity index (χ1v) is 10.7. The second-order valence-corrected chi connectivity index (χ2v) is 8.20. The molecule has 0 fully saturated rings. The molecule has 1 heterocycles. The van der Waals surface area contributed by atoms with Crippen LogP contribution in [0, 0.1) is 13.8 Å². The van der Waals surface area contributed by atoms with Crippen LogP contribution in [0.3, 0.4) is 0 Å². The zero-order valence-corrected chi connectivity index (χ0v) is 19.2. The number of nitrogens with one attached hydrogen (secondary N) is 1. The predicted octanol–water partition coefficient (Wildman–Crippen LogP) is 5.11. The third kappa shape index (κ3) is 4.70. The van der Waals surface area contributed by atoms with Crippen molar-refractivity contribution in [2.75, 3.05) is 19.4 Å². The molecule has 6 nitrogen and oxygen atoms in total. The minimum atomic E-state index is -0.267. The van der Waals surface area contributed by atoms with Gasteiger partial charge in [-0.2, -0.15) is 5.10 Å². The number of hydrogen-bond donors (Lipinski definition) is 1. The lowest BCUT2D eigenvalue weighted by atomic mass is 10.0. The maximum atomic E-state index is 13.3. The molecule has 0 spiro atoms. The van der Waals surface area contributed by atoms with E-state index in [2.05, 4.69) is 12.2 Å². The van der Waals surface area contributed by atoms with Crippen LogP contribution in [-0.2, 0) is 0 Å². The molecule has 6 heteroatoms. The summed E-state index contributed by atoms with van der Waals surface area (Å²) in [5.74, 6) is -0.355. The van der Waals surface area contributed by atoms with E-state index in [9.17, 15) is 9.59 Å². The zero-order chi connectivity index (χ0) is 23.5. The molecule has 0 aliphatic heterocycles. The maximum Gasteiger partial charge on any atom is 0.259 e. The molecular formula is C27H26N4O2. The minimum absolute atomic E-state index is 0.0889. The first-order chi connectivity index (χ1) is 15.8. The fourth-order valence-corrected chi connectivity index (χ4v) is 3.51. The Hall–Kier alpha value is -4.19. The molecule has 2 amide bonds. The van der Waals surface area contributed by atoms with Crippen LogP contribution >= 0.6 is 0 Å². The van der Waals surface area contributed by atoms with Crippen molar-refractivity contribution >= 4 is 17.5 Å². The molecule has 1 N–H and O–H groups in total. The van der Waals surface area contributed by atoms with Crippen LogP contribution in [-0.4, -0.2) is 40.6 Å². The van der Waals surface area contributed by atoms with Gasteiger partial charge >= 0.3 is 0 Å². The third-order valence-corrected chi connectivity index (χ3v) is 5.56. The summed E-state index contributed by atoms with van der Waals surface area (Å²) in [4.78, 5) is 26.9. The number of aromatic nitrogens is 2. The van der Waals surface area contributed by atoms with Crippen molar-refractivity contribution in [2.45, 2.75) is 13.8 Å². The minimum Gasteiger partial charge on any atom is -0.345 e. The van der Waals surface area contributed by atoms with Crippen LogP contribution in [0.25, 0.3) is 16.9 Å². The Balaban J connectivity index is 1.69. The summed E-state index contributed by atoms with van der Waals surface area (Å²) in [5, 5.41) is 7.68. The molecule has 0 aliphatic carbocycles. The molecule has 0 saturated heterocycles. The summed E-state index contributed by atoms with van der Waals surface area (Å²) in [6, 6.07) is 22.6. The van der Waals surface area contributed by atoms with Crippen LogP contribution in [0.1, 0.15) is 31.8 Å². The van der Waals surface area contributed by atoms with E-state index in [1.54, 1.807) is 49.2 Å². The molecule has 166 valence electrons. The number of aryl methyl sites for hydroxylation is 2. The van der Waals surface area contributed by atoms with E-state index in [1.165, 1.54) is 10.5 Å². The van der Waals surface area contributed by atoms with Gasteiger partial charge in [-0.1, -0.05) is 30.3 Å². The molecule has 0 aliphatic rings. The van der Waals surface area contributed by atoms with Crippen molar-refractivity contribution < 1.29 is 9.59 Å². The first-order valence-electron chi connectivity index (χ1n) is 10.7. The second kappa shape index (κ2) is 9.12. The van der Waals surface area contributed by atoms with Crippen LogP contribution < -0.4 is 5.32 Å². The standard InChI is InChI=1S/C27H26N4O2/c1-18-10-11-21(16-19(18)2)25-24(17-31(29-25)23-8-6-5-7-9-23)26(32)28-22-14-12-20(13-15-22)27(33)30(3)4/h5-17H,1-4H3,(H,28,32). The van der Waals surface area contributed by atoms with Crippen LogP contribution in [0.15, 0.2) is 79.0 Å². The fraction of sp³-hybridized carbons (Fsp3) is 0.148. The molecule has 4 aromatic rings. The number of rotatable bonds is 5. The summed E-state index contributed by atoms with van der Waals surface area (Å²) in [5.41, 5.74) is 6.31. The second-order valence-electron chi connectivity index (χ2n) is 8.20. The van der Waals surface area contributed by atoms with Gasteiger partial charge in [0.15, 0.2) is 0 Å². The van der Waals surface area contributed by atoms with E-state index in [1.807, 2.05) is 55.5 Å². The summed E-state index contributed by atoms with van der Waals surface area (Å²) in [7, 11) is 3.41. The number of anilines is 1. The summed E-state index contributed by atoms with van der Waals surface area (Å²) >= 11 is 0. The molecule has 33 heavy (non-hydrogen) atoms. The zero-order valence-electron chi connectivity index (χ0n) is 19.2. The van der Waals surface area contributed by atoms with Gasteiger partial charge < -0.3 is 10.2 Å². The van der Waals surface area contributed by atoms with E-state index in [0.717, 1.165) is 16.8 Å². The summed E-state index contributed by atoms with van der Waals surface area (Å²) < 4.78 is 1.72. The van der Waals surface area contributed by atoms with Crippen molar-refractivity contribution in [3.63, 3.8) is 0 Å². The highest BCUT2D eigenvalue weighted by Gasteiger charge is 2.19. The molecule has 1 aromatic heterocycles. The number of nitrogens with zero attached hydrogens (tertiary/aromatic N) is 3. The maximum absolute atomic E-state index is 13.3. The third-order valence-electron chi connectivity index (χ3n) is 5.56. The summed E-state index contributed by atoms with van der Waals surface area (Å²) in [6.07, 6.45) is 1.75. The van der Waals surface area contributed by atoms with Crippen molar-refractivity contribution in [3.05, 3.63) is 101 Å². The van der Waals surface area contributed by atoms with Crippen molar-refractivity contribution in [1.29, 1.82) is 0 Å². The number of hydrogen-bond acceptors (Lipinski definition) is 3. The highest BCUT2D eigenvalue weighted by atomic mass is 16.2. The lowest BCUT2D eigenvalue weighted by Crippen LogP contribution is -2.21. The molecule has 0 unspecified atom stereocenters. The molecule has 0 bridgehead atoms. The SMILES string of the molecule is Cc1ccc(-c2nn(-c3ccccc3)cc2C(=O)Nc2ccc(C(=O)N(C)C)cc2)cc1C. The van der Waals surface area contributed by atoms with E-state index in [-0.39, 0.29) is 11.8 Å². The number of amides is 2. The molecule has 0 atom stereocenters. The monoisotopic (exact) mass is 438 g/mol. The van der Waals surface area contributed by atoms with Crippen LogP contribution in [0.2, 0.25) is 0 Å². The fourth-order valence-electron chi connectivity index (χ4n) is 3.51. The largest absolute Gasteiger partial charge is 0.345 e. The Kier molecular flexibility index (Phi) is 6.09. The van der Waals surface area contributed by atoms with Gasteiger partial charge in [-0.05, 0) is 67.4 Å². The number of benzene rings is 3. The number of carbonyl (C=O) groups is 2. The Morgan fingerprint density at radius 2 is 1.58 bits per heavy atom. The number of carbonyl (C=O) groups excluding carboxylic acids is 2. The van der Waals surface area contributed by atoms with Crippen molar-refractivity contribution in [2.24, 2.45) is 0 Å².